The second kappa shape index (κ2) is 10.00. The van der Waals surface area contributed by atoms with Gasteiger partial charge in [0.25, 0.3) is 0 Å². The molecule has 30 heavy (non-hydrogen) atoms. The first kappa shape index (κ1) is 22.2. The fraction of sp³-hybridized carbons (Fsp3) is 0.391. The van der Waals surface area contributed by atoms with Gasteiger partial charge in [-0.25, -0.2) is 4.79 Å². The molecule has 2 aliphatic rings. The van der Waals surface area contributed by atoms with Crippen molar-refractivity contribution in [2.45, 2.75) is 25.4 Å². The number of hydrogen-bond acceptors (Lipinski definition) is 5. The highest BCUT2D eigenvalue weighted by Crippen LogP contribution is 2.34. The second-order valence-corrected chi connectivity index (χ2v) is 7.40. The van der Waals surface area contributed by atoms with Crippen LogP contribution in [0.15, 0.2) is 48.5 Å². The first-order valence-corrected chi connectivity index (χ1v) is 9.94. The van der Waals surface area contributed by atoms with E-state index in [4.69, 9.17) is 14.2 Å². The summed E-state index contributed by atoms with van der Waals surface area (Å²) >= 11 is 0. The van der Waals surface area contributed by atoms with E-state index in [9.17, 15) is 9.59 Å². The van der Waals surface area contributed by atoms with E-state index >= 15 is 0 Å². The van der Waals surface area contributed by atoms with Crippen LogP contribution < -0.4 is 4.74 Å². The van der Waals surface area contributed by atoms with Crippen molar-refractivity contribution >= 4 is 25.4 Å². The number of hydrogen-bond donors (Lipinski definition) is 0. The van der Waals surface area contributed by atoms with E-state index in [1.54, 1.807) is 12.1 Å². The molecule has 1 amide bonds. The molecule has 0 radical (unpaired) electrons. The van der Waals surface area contributed by atoms with Gasteiger partial charge in [0.15, 0.2) is 0 Å². The summed E-state index contributed by atoms with van der Waals surface area (Å²) in [5.74, 6) is 0.313. The molecule has 2 aliphatic heterocycles. The molecule has 1 atom stereocenters. The number of amides is 1. The van der Waals surface area contributed by atoms with Crippen molar-refractivity contribution < 1.29 is 23.8 Å². The van der Waals surface area contributed by atoms with Crippen LogP contribution in [0.4, 0.5) is 0 Å². The van der Waals surface area contributed by atoms with Crippen molar-refractivity contribution in [3.8, 4) is 5.75 Å². The van der Waals surface area contributed by atoms with E-state index in [2.05, 4.69) is 0 Å². The van der Waals surface area contributed by atoms with Gasteiger partial charge in [-0.1, -0.05) is 36.4 Å². The summed E-state index contributed by atoms with van der Waals surface area (Å²) in [7, 11) is 1.36. The normalized spacial score (nSPS) is 19.0. The van der Waals surface area contributed by atoms with Gasteiger partial charge in [0.05, 0.1) is 25.3 Å². The van der Waals surface area contributed by atoms with Gasteiger partial charge in [0.1, 0.15) is 12.4 Å². The Morgan fingerprint density at radius 3 is 2.50 bits per heavy atom. The molecule has 0 bridgehead atoms. The number of nitrogens with zero attached hydrogens (tertiary/aromatic N) is 1. The Morgan fingerprint density at radius 1 is 1.07 bits per heavy atom. The lowest BCUT2D eigenvalue weighted by Crippen LogP contribution is -2.41. The van der Waals surface area contributed by atoms with Gasteiger partial charge in [-0.3, -0.25) is 4.79 Å². The minimum absolute atomic E-state index is 0. The molecule has 0 spiro atoms. The summed E-state index contributed by atoms with van der Waals surface area (Å²) in [5.41, 5.74) is 2.36. The van der Waals surface area contributed by atoms with Crippen LogP contribution in [0.1, 0.15) is 40.4 Å². The Kier molecular flexibility index (Phi) is 7.39. The number of rotatable bonds is 3. The zero-order chi connectivity index (χ0) is 20.2. The molecule has 1 fully saturated rings. The highest BCUT2D eigenvalue weighted by Gasteiger charge is 2.34. The Hall–Kier alpha value is -2.51. The third-order valence-electron chi connectivity index (χ3n) is 5.64. The molecule has 1 saturated heterocycles. The van der Waals surface area contributed by atoms with Gasteiger partial charge in [-0.15, -0.1) is 0 Å². The summed E-state index contributed by atoms with van der Waals surface area (Å²) < 4.78 is 16.3. The molecule has 4 rings (SSSR count). The summed E-state index contributed by atoms with van der Waals surface area (Å²) in [6.07, 6.45) is 1.48. The van der Waals surface area contributed by atoms with Gasteiger partial charge in [-0.05, 0) is 30.5 Å². The molecule has 0 N–H and O–H groups in total. The van der Waals surface area contributed by atoms with Gasteiger partial charge in [-0.2, -0.15) is 13.5 Å². The third kappa shape index (κ3) is 4.63. The third-order valence-corrected chi connectivity index (χ3v) is 5.64. The zero-order valence-corrected chi connectivity index (χ0v) is 18.0. The molecular weight excluding hydrogens is 402 g/mol. The van der Waals surface area contributed by atoms with Crippen molar-refractivity contribution in [2.24, 2.45) is 5.92 Å². The van der Waals surface area contributed by atoms with E-state index in [0.717, 1.165) is 24.0 Å². The molecule has 0 aromatic heterocycles. The van der Waals surface area contributed by atoms with Crippen LogP contribution in [0.25, 0.3) is 0 Å². The number of benzene rings is 2. The van der Waals surface area contributed by atoms with Gasteiger partial charge < -0.3 is 19.1 Å². The standard InChI is InChI=1S/C23H25NO5.H2S/c1-27-23(26)18-7-8-19-14-24(22(25)17-9-11-28-12-10-17)20(15-29-21(19)13-18)16-5-3-2-4-6-16;/h2-8,13,17,20H,9-12,14-15H2,1H3;1H2/t20-;/m1./s1. The van der Waals surface area contributed by atoms with Gasteiger partial charge in [0, 0.05) is 24.7 Å². The smallest absolute Gasteiger partial charge is 0.337 e. The van der Waals surface area contributed by atoms with Crippen LogP contribution in [0, 0.1) is 5.92 Å². The van der Waals surface area contributed by atoms with Crippen molar-refractivity contribution in [1.29, 1.82) is 0 Å². The van der Waals surface area contributed by atoms with Gasteiger partial charge >= 0.3 is 5.97 Å². The largest absolute Gasteiger partial charge is 0.491 e. The van der Waals surface area contributed by atoms with Gasteiger partial charge in [0.2, 0.25) is 5.91 Å². The molecular formula is C23H27NO5S. The minimum Gasteiger partial charge on any atom is -0.491 e. The maximum atomic E-state index is 13.5. The number of esters is 1. The number of carbonyl (C=O) groups is 2. The molecule has 2 heterocycles. The number of fused-ring (bicyclic) bond motifs is 1. The first-order chi connectivity index (χ1) is 14.2. The fourth-order valence-electron chi connectivity index (χ4n) is 3.98. The number of carbonyl (C=O) groups excluding carboxylic acids is 2. The highest BCUT2D eigenvalue weighted by molar-refractivity contribution is 7.59. The highest BCUT2D eigenvalue weighted by atomic mass is 32.1. The lowest BCUT2D eigenvalue weighted by Gasteiger charge is -2.34. The van der Waals surface area contributed by atoms with Crippen molar-refractivity contribution in [2.75, 3.05) is 26.9 Å². The molecule has 2 aromatic carbocycles. The first-order valence-electron chi connectivity index (χ1n) is 9.94. The van der Waals surface area contributed by atoms with E-state index in [1.807, 2.05) is 41.3 Å². The van der Waals surface area contributed by atoms with Crippen molar-refractivity contribution in [1.82, 2.24) is 4.90 Å². The van der Waals surface area contributed by atoms with Crippen LogP contribution in [-0.4, -0.2) is 43.7 Å². The second-order valence-electron chi connectivity index (χ2n) is 7.40. The van der Waals surface area contributed by atoms with Crippen LogP contribution >= 0.6 is 13.5 Å². The van der Waals surface area contributed by atoms with Crippen LogP contribution in [0.3, 0.4) is 0 Å². The van der Waals surface area contributed by atoms with Crippen LogP contribution in [0.2, 0.25) is 0 Å². The summed E-state index contributed by atoms with van der Waals surface area (Å²) in [4.78, 5) is 27.3. The lowest BCUT2D eigenvalue weighted by molar-refractivity contribution is -0.142. The van der Waals surface area contributed by atoms with Crippen LogP contribution in [0.5, 0.6) is 5.75 Å². The molecule has 6 nitrogen and oxygen atoms in total. The molecule has 0 aliphatic carbocycles. The molecule has 7 heteroatoms. The Morgan fingerprint density at radius 2 is 1.80 bits per heavy atom. The molecule has 160 valence electrons. The Balaban J connectivity index is 0.00000256. The lowest BCUT2D eigenvalue weighted by atomic mass is 9.96. The number of methoxy groups -OCH3 is 1. The maximum absolute atomic E-state index is 13.5. The average Bonchev–Trinajstić information content (AvgIpc) is 2.98. The topological polar surface area (TPSA) is 65.1 Å². The van der Waals surface area contributed by atoms with E-state index in [1.165, 1.54) is 7.11 Å². The monoisotopic (exact) mass is 429 g/mol. The molecule has 0 saturated carbocycles. The Labute approximate surface area is 183 Å². The summed E-state index contributed by atoms with van der Waals surface area (Å²) in [5, 5.41) is 0. The summed E-state index contributed by atoms with van der Waals surface area (Å²) in [6, 6.07) is 15.0. The fourth-order valence-corrected chi connectivity index (χ4v) is 3.98. The maximum Gasteiger partial charge on any atom is 0.337 e. The predicted molar refractivity (Wildman–Crippen MR) is 117 cm³/mol. The van der Waals surface area contributed by atoms with E-state index in [-0.39, 0.29) is 31.4 Å². The number of ether oxygens (including phenoxy) is 3. The van der Waals surface area contributed by atoms with E-state index in [0.29, 0.717) is 37.7 Å². The summed E-state index contributed by atoms with van der Waals surface area (Å²) in [6.45, 7) is 2.01. The average molecular weight is 430 g/mol. The SMILES string of the molecule is COC(=O)c1ccc2c(c1)OC[C@H](c1ccccc1)N(C(=O)C1CCOCC1)C2.S. The molecule has 0 unspecified atom stereocenters. The minimum atomic E-state index is -0.407. The van der Waals surface area contributed by atoms with Crippen molar-refractivity contribution in [3.05, 3.63) is 65.2 Å². The van der Waals surface area contributed by atoms with E-state index < -0.39 is 5.97 Å². The van der Waals surface area contributed by atoms with Crippen molar-refractivity contribution in [3.63, 3.8) is 0 Å². The molecule has 2 aromatic rings. The Bertz CT molecular complexity index is 882. The predicted octanol–water partition coefficient (Wildman–Crippen LogP) is 3.47. The quantitative estimate of drug-likeness (QED) is 0.699. The zero-order valence-electron chi connectivity index (χ0n) is 17.0. The van der Waals surface area contributed by atoms with Crippen LogP contribution in [-0.2, 0) is 20.8 Å².